The Balaban J connectivity index is 1.08. The summed E-state index contributed by atoms with van der Waals surface area (Å²) in [5.74, 6) is 0. The van der Waals surface area contributed by atoms with E-state index in [-0.39, 0.29) is 0 Å². The lowest BCUT2D eigenvalue weighted by Gasteiger charge is -2.28. The number of fused-ring (bicyclic) bond motifs is 1. The van der Waals surface area contributed by atoms with Gasteiger partial charge in [0, 0.05) is 16.9 Å². The van der Waals surface area contributed by atoms with E-state index >= 15 is 0 Å². The number of hydrogen-bond acceptors (Lipinski definition) is 1. The molecule has 0 unspecified atom stereocenters. The highest BCUT2D eigenvalue weighted by Gasteiger charge is 2.18. The molecule has 0 aromatic heterocycles. The molecule has 0 amide bonds. The van der Waals surface area contributed by atoms with E-state index in [1.54, 1.807) is 0 Å². The van der Waals surface area contributed by atoms with Crippen LogP contribution in [0.1, 0.15) is 0 Å². The van der Waals surface area contributed by atoms with E-state index in [9.17, 15) is 0 Å². The van der Waals surface area contributed by atoms with Gasteiger partial charge in [-0.1, -0.05) is 194 Å². The average molecular weight is 752 g/mol. The van der Waals surface area contributed by atoms with Gasteiger partial charge in [-0.3, -0.25) is 0 Å². The first-order valence-corrected chi connectivity index (χ1v) is 20.2. The predicted octanol–water partition coefficient (Wildman–Crippen LogP) is 16.3. The third-order valence-corrected chi connectivity index (χ3v) is 11.2. The van der Waals surface area contributed by atoms with Crippen LogP contribution >= 0.6 is 0 Å². The number of nitrogens with zero attached hydrogens (tertiary/aromatic N) is 1. The zero-order chi connectivity index (χ0) is 39.4. The van der Waals surface area contributed by atoms with Gasteiger partial charge in [0.15, 0.2) is 0 Å². The fraction of sp³-hybridized carbons (Fsp3) is 0. The summed E-state index contributed by atoms with van der Waals surface area (Å²) in [7, 11) is 0. The first kappa shape index (κ1) is 35.7. The number of benzene rings is 10. The van der Waals surface area contributed by atoms with Gasteiger partial charge in [-0.2, -0.15) is 0 Å². The second kappa shape index (κ2) is 16.0. The highest BCUT2D eigenvalue weighted by atomic mass is 15.1. The maximum Gasteiger partial charge on any atom is 0.0540 e. The van der Waals surface area contributed by atoms with Crippen molar-refractivity contribution >= 4 is 27.8 Å². The fourth-order valence-corrected chi connectivity index (χ4v) is 8.32. The van der Waals surface area contributed by atoms with E-state index in [4.69, 9.17) is 0 Å². The fourth-order valence-electron chi connectivity index (χ4n) is 8.32. The monoisotopic (exact) mass is 751 g/mol. The van der Waals surface area contributed by atoms with E-state index in [0.717, 1.165) is 22.6 Å². The summed E-state index contributed by atoms with van der Waals surface area (Å²) in [6, 6.07) is 89.8. The third-order valence-electron chi connectivity index (χ3n) is 11.2. The van der Waals surface area contributed by atoms with Gasteiger partial charge in [0.1, 0.15) is 0 Å². The average Bonchev–Trinajstić information content (AvgIpc) is 3.33. The highest BCUT2D eigenvalue weighted by Crippen LogP contribution is 2.43. The molecular weight excluding hydrogens is 711 g/mol. The van der Waals surface area contributed by atoms with Crippen LogP contribution < -0.4 is 4.90 Å². The van der Waals surface area contributed by atoms with E-state index in [1.165, 1.54) is 72.0 Å². The van der Waals surface area contributed by atoms with Crippen molar-refractivity contribution in [2.45, 2.75) is 0 Å². The molecule has 10 aromatic carbocycles. The summed E-state index contributed by atoms with van der Waals surface area (Å²) >= 11 is 0. The molecule has 0 N–H and O–H groups in total. The van der Waals surface area contributed by atoms with Crippen molar-refractivity contribution in [3.63, 3.8) is 0 Å². The van der Waals surface area contributed by atoms with Crippen LogP contribution in [0, 0.1) is 0 Å². The molecule has 0 saturated carbocycles. The molecule has 0 fully saturated rings. The maximum atomic E-state index is 2.40. The molecular formula is C58H41N. The van der Waals surface area contributed by atoms with Crippen LogP contribution in [0.4, 0.5) is 17.1 Å². The highest BCUT2D eigenvalue weighted by molar-refractivity contribution is 5.97. The zero-order valence-corrected chi connectivity index (χ0v) is 32.6. The molecule has 0 atom stereocenters. The van der Waals surface area contributed by atoms with Crippen LogP contribution in [0.2, 0.25) is 0 Å². The van der Waals surface area contributed by atoms with Crippen molar-refractivity contribution in [2.24, 2.45) is 0 Å². The predicted molar refractivity (Wildman–Crippen MR) is 251 cm³/mol. The summed E-state index contributed by atoms with van der Waals surface area (Å²) in [5.41, 5.74) is 17.6. The minimum absolute atomic E-state index is 1.08. The van der Waals surface area contributed by atoms with Crippen molar-refractivity contribution in [1.29, 1.82) is 0 Å². The minimum atomic E-state index is 1.08. The van der Waals surface area contributed by atoms with Gasteiger partial charge in [0.05, 0.1) is 5.69 Å². The second-order valence-electron chi connectivity index (χ2n) is 15.0. The molecule has 0 saturated heterocycles. The van der Waals surface area contributed by atoms with Crippen LogP contribution in [0.15, 0.2) is 249 Å². The summed E-state index contributed by atoms with van der Waals surface area (Å²) in [6.07, 6.45) is 0. The van der Waals surface area contributed by atoms with E-state index < -0.39 is 0 Å². The molecule has 1 nitrogen and oxygen atoms in total. The summed E-state index contributed by atoms with van der Waals surface area (Å²) in [5, 5.41) is 2.51. The topological polar surface area (TPSA) is 3.24 Å². The molecule has 0 radical (unpaired) electrons. The number of para-hydroxylation sites is 1. The zero-order valence-electron chi connectivity index (χ0n) is 32.6. The Morgan fingerprint density at radius 1 is 0.220 bits per heavy atom. The summed E-state index contributed by atoms with van der Waals surface area (Å²) in [6.45, 7) is 0. The quantitative estimate of drug-likeness (QED) is 0.142. The van der Waals surface area contributed by atoms with E-state index in [1.807, 2.05) is 0 Å². The van der Waals surface area contributed by atoms with Crippen LogP contribution in [-0.2, 0) is 0 Å². The molecule has 278 valence electrons. The Labute approximate surface area is 346 Å². The smallest absolute Gasteiger partial charge is 0.0540 e. The summed E-state index contributed by atoms with van der Waals surface area (Å²) < 4.78 is 0. The Morgan fingerprint density at radius 2 is 0.661 bits per heavy atom. The first-order valence-electron chi connectivity index (χ1n) is 20.2. The lowest BCUT2D eigenvalue weighted by molar-refractivity contribution is 1.28. The van der Waals surface area contributed by atoms with Crippen molar-refractivity contribution in [3.05, 3.63) is 249 Å². The van der Waals surface area contributed by atoms with Gasteiger partial charge in [-0.25, -0.2) is 0 Å². The largest absolute Gasteiger partial charge is 0.310 e. The molecule has 59 heavy (non-hydrogen) atoms. The Hall–Kier alpha value is -7.74. The number of hydrogen-bond donors (Lipinski definition) is 0. The number of anilines is 3. The number of rotatable bonds is 9. The first-order chi connectivity index (χ1) is 29.2. The van der Waals surface area contributed by atoms with Gasteiger partial charge in [-0.15, -0.1) is 0 Å². The molecule has 10 aromatic rings. The van der Waals surface area contributed by atoms with Crippen molar-refractivity contribution in [3.8, 4) is 66.8 Å². The van der Waals surface area contributed by atoms with E-state index in [2.05, 4.69) is 254 Å². The molecule has 0 aliphatic rings. The molecule has 0 aliphatic carbocycles. The molecule has 0 heterocycles. The third kappa shape index (κ3) is 7.34. The van der Waals surface area contributed by atoms with Crippen LogP contribution in [0.25, 0.3) is 77.5 Å². The van der Waals surface area contributed by atoms with Crippen molar-refractivity contribution in [2.75, 3.05) is 4.90 Å². The minimum Gasteiger partial charge on any atom is -0.310 e. The second-order valence-corrected chi connectivity index (χ2v) is 15.0. The summed E-state index contributed by atoms with van der Waals surface area (Å²) in [4.78, 5) is 2.40. The van der Waals surface area contributed by atoms with Crippen molar-refractivity contribution < 1.29 is 0 Å². The Bertz CT molecular complexity index is 2960. The van der Waals surface area contributed by atoms with Crippen molar-refractivity contribution in [1.82, 2.24) is 0 Å². The van der Waals surface area contributed by atoms with Gasteiger partial charge < -0.3 is 4.90 Å². The Morgan fingerprint density at radius 3 is 1.34 bits per heavy atom. The SMILES string of the molecule is c1ccc(-c2cc(-c3ccccc3)cc(-c3ccc(N(c4cccc(-c5cccc(-c6cccc7ccccc67)c5)c4)c4ccccc4-c4ccccc4)cc3)c2)cc1. The maximum absolute atomic E-state index is 2.40. The van der Waals surface area contributed by atoms with Gasteiger partial charge in [0.25, 0.3) is 0 Å². The molecule has 0 spiro atoms. The van der Waals surface area contributed by atoms with Gasteiger partial charge in [-0.05, 0) is 127 Å². The lowest BCUT2D eigenvalue weighted by Crippen LogP contribution is -2.11. The lowest BCUT2D eigenvalue weighted by atomic mass is 9.93. The van der Waals surface area contributed by atoms with Crippen LogP contribution in [0.3, 0.4) is 0 Å². The molecule has 1 heteroatoms. The Kier molecular flexibility index (Phi) is 9.68. The van der Waals surface area contributed by atoms with Crippen LogP contribution in [-0.4, -0.2) is 0 Å². The molecule has 10 rings (SSSR count). The van der Waals surface area contributed by atoms with Gasteiger partial charge in [0.2, 0.25) is 0 Å². The standard InChI is InChI=1S/C58H41N/c1-4-17-42(18-5-1)50-38-51(43-19-6-2-7-20-43)40-52(39-50)44-33-35-53(36-34-44)59(58-32-13-12-30-57(58)46-21-8-3-9-22-46)54-28-15-26-48(41-54)47-25-14-27-49(37-47)56-31-16-24-45-23-10-11-29-55(45)56/h1-41H. The van der Waals surface area contributed by atoms with E-state index in [0.29, 0.717) is 0 Å². The molecule has 0 aliphatic heterocycles. The molecule has 0 bridgehead atoms. The normalized spacial score (nSPS) is 11.1. The van der Waals surface area contributed by atoms with Gasteiger partial charge >= 0.3 is 0 Å². The van der Waals surface area contributed by atoms with Crippen LogP contribution in [0.5, 0.6) is 0 Å².